The number of carbonyl (C=O) groups is 3. The molecule has 1 heterocycles. The van der Waals surface area contributed by atoms with Crippen LogP contribution in [0.5, 0.6) is 0 Å². The second kappa shape index (κ2) is 7.88. The van der Waals surface area contributed by atoms with E-state index in [0.29, 0.717) is 12.2 Å². The first-order valence-electron chi connectivity index (χ1n) is 6.35. The molecule has 1 aromatic rings. The predicted molar refractivity (Wildman–Crippen MR) is 72.7 cm³/mol. The summed E-state index contributed by atoms with van der Waals surface area (Å²) < 4.78 is 6.04. The van der Waals surface area contributed by atoms with Crippen LogP contribution in [0, 0.1) is 0 Å². The monoisotopic (exact) mass is 298 g/mol. The average molecular weight is 298 g/mol. The van der Waals surface area contributed by atoms with Crippen molar-refractivity contribution >= 4 is 23.7 Å². The van der Waals surface area contributed by atoms with E-state index >= 15 is 0 Å². The molecule has 9 nitrogen and oxygen atoms in total. The third-order valence-corrected chi connectivity index (χ3v) is 2.68. The third-order valence-electron chi connectivity index (χ3n) is 2.68. The first-order valence-corrected chi connectivity index (χ1v) is 6.35. The molecule has 9 heteroatoms. The smallest absolute Gasteiger partial charge is 0.326 e. The number of esters is 1. The van der Waals surface area contributed by atoms with E-state index in [4.69, 9.17) is 5.11 Å². The second-order valence-corrected chi connectivity index (χ2v) is 4.19. The summed E-state index contributed by atoms with van der Waals surface area (Å²) >= 11 is 0. The van der Waals surface area contributed by atoms with Gasteiger partial charge < -0.3 is 20.5 Å². The number of nitrogens with one attached hydrogen (secondary N) is 2. The van der Waals surface area contributed by atoms with Crippen molar-refractivity contribution in [2.45, 2.75) is 32.4 Å². The molecule has 0 saturated heterocycles. The fourth-order valence-electron chi connectivity index (χ4n) is 1.55. The van der Waals surface area contributed by atoms with Gasteiger partial charge in [-0.1, -0.05) is 0 Å². The van der Waals surface area contributed by atoms with E-state index in [1.807, 2.05) is 6.92 Å². The highest BCUT2D eigenvalue weighted by atomic mass is 16.5. The second-order valence-electron chi connectivity index (χ2n) is 4.19. The summed E-state index contributed by atoms with van der Waals surface area (Å²) in [5.41, 5.74) is 0.450. The number of methoxy groups -OCH3 is 1. The quantitative estimate of drug-likeness (QED) is 0.627. The van der Waals surface area contributed by atoms with Crippen LogP contribution in [0.25, 0.3) is 0 Å². The Morgan fingerprint density at radius 2 is 2.19 bits per heavy atom. The number of aliphatic carboxylic acids is 1. The number of anilines is 1. The van der Waals surface area contributed by atoms with Crippen LogP contribution in [-0.2, 0) is 20.9 Å². The van der Waals surface area contributed by atoms with Gasteiger partial charge in [0.25, 0.3) is 0 Å². The molecule has 0 aliphatic rings. The summed E-state index contributed by atoms with van der Waals surface area (Å²) in [7, 11) is 1.21. The molecule has 116 valence electrons. The lowest BCUT2D eigenvalue weighted by Gasteiger charge is -2.14. The summed E-state index contributed by atoms with van der Waals surface area (Å²) in [4.78, 5) is 33.7. The maximum Gasteiger partial charge on any atom is 0.326 e. The van der Waals surface area contributed by atoms with Gasteiger partial charge in [-0.05, 0) is 13.3 Å². The van der Waals surface area contributed by atoms with E-state index in [9.17, 15) is 14.4 Å². The Bertz CT molecular complexity index is 514. The molecule has 0 unspecified atom stereocenters. The molecule has 0 radical (unpaired) electrons. The van der Waals surface area contributed by atoms with Crippen molar-refractivity contribution in [3.8, 4) is 0 Å². The summed E-state index contributed by atoms with van der Waals surface area (Å²) in [5.74, 6) is -1.76. The van der Waals surface area contributed by atoms with Crippen LogP contribution in [0.2, 0.25) is 0 Å². The largest absolute Gasteiger partial charge is 0.480 e. The van der Waals surface area contributed by atoms with Gasteiger partial charge >= 0.3 is 18.0 Å². The van der Waals surface area contributed by atoms with E-state index in [-0.39, 0.29) is 12.8 Å². The molecule has 0 spiro atoms. The number of carbonyl (C=O) groups excluding carboxylic acids is 2. The molecule has 2 amide bonds. The van der Waals surface area contributed by atoms with Crippen LogP contribution in [0.4, 0.5) is 10.5 Å². The Morgan fingerprint density at radius 3 is 2.71 bits per heavy atom. The van der Waals surface area contributed by atoms with Crippen molar-refractivity contribution in [1.82, 2.24) is 15.1 Å². The van der Waals surface area contributed by atoms with Crippen molar-refractivity contribution in [1.29, 1.82) is 0 Å². The normalized spacial score (nSPS) is 11.5. The molecule has 1 aromatic heterocycles. The van der Waals surface area contributed by atoms with Crippen LogP contribution in [-0.4, -0.2) is 46.0 Å². The average Bonchev–Trinajstić information content (AvgIpc) is 2.90. The summed E-state index contributed by atoms with van der Waals surface area (Å²) in [6.07, 6.45) is 2.92. The highest BCUT2D eigenvalue weighted by Crippen LogP contribution is 2.05. The first kappa shape index (κ1) is 16.5. The lowest BCUT2D eigenvalue weighted by molar-refractivity contribution is -0.142. The van der Waals surface area contributed by atoms with Gasteiger partial charge in [-0.2, -0.15) is 5.10 Å². The van der Waals surface area contributed by atoms with Gasteiger partial charge in [0.05, 0.1) is 19.0 Å². The number of hydrogen-bond donors (Lipinski definition) is 3. The van der Waals surface area contributed by atoms with E-state index in [1.54, 1.807) is 10.9 Å². The SMILES string of the molecule is CCn1cc(NC(=O)N[C@H](CCC(=O)OC)C(=O)O)cn1. The molecule has 0 aliphatic carbocycles. The standard InChI is InChI=1S/C12H18N4O5/c1-3-16-7-8(6-13-16)14-12(20)15-9(11(18)19)4-5-10(17)21-2/h6-7,9H,3-5H2,1-2H3,(H,18,19)(H2,14,15,20)/t9-/m1/s1. The van der Waals surface area contributed by atoms with Gasteiger partial charge in [0.2, 0.25) is 0 Å². The van der Waals surface area contributed by atoms with Crippen molar-refractivity contribution in [3.63, 3.8) is 0 Å². The molecule has 3 N–H and O–H groups in total. The van der Waals surface area contributed by atoms with E-state index in [1.165, 1.54) is 13.3 Å². The van der Waals surface area contributed by atoms with E-state index < -0.39 is 24.0 Å². The molecule has 0 aliphatic heterocycles. The number of urea groups is 1. The highest BCUT2D eigenvalue weighted by molar-refractivity contribution is 5.92. The van der Waals surface area contributed by atoms with Crippen LogP contribution >= 0.6 is 0 Å². The Balaban J connectivity index is 2.51. The molecule has 21 heavy (non-hydrogen) atoms. The molecular weight excluding hydrogens is 280 g/mol. The number of aromatic nitrogens is 2. The first-order chi connectivity index (χ1) is 9.96. The molecule has 0 aromatic carbocycles. The number of aryl methyl sites for hydroxylation is 1. The highest BCUT2D eigenvalue weighted by Gasteiger charge is 2.21. The van der Waals surface area contributed by atoms with Crippen LogP contribution in [0.1, 0.15) is 19.8 Å². The van der Waals surface area contributed by atoms with Gasteiger partial charge in [0, 0.05) is 19.2 Å². The third kappa shape index (κ3) is 5.51. The van der Waals surface area contributed by atoms with Crippen LogP contribution in [0.15, 0.2) is 12.4 Å². The zero-order chi connectivity index (χ0) is 15.8. The molecular formula is C12H18N4O5. The summed E-state index contributed by atoms with van der Waals surface area (Å²) in [5, 5.41) is 17.7. The Hall–Kier alpha value is -2.58. The lowest BCUT2D eigenvalue weighted by atomic mass is 10.1. The zero-order valence-corrected chi connectivity index (χ0v) is 11.8. The molecule has 1 rings (SSSR count). The minimum Gasteiger partial charge on any atom is -0.480 e. The maximum atomic E-state index is 11.7. The van der Waals surface area contributed by atoms with E-state index in [2.05, 4.69) is 20.5 Å². The number of ether oxygens (including phenoxy) is 1. The number of carboxylic acid groups (broad SMARTS) is 1. The van der Waals surface area contributed by atoms with Crippen molar-refractivity contribution in [2.24, 2.45) is 0 Å². The number of nitrogens with zero attached hydrogens (tertiary/aromatic N) is 2. The Morgan fingerprint density at radius 1 is 1.48 bits per heavy atom. The molecule has 0 bridgehead atoms. The van der Waals surface area contributed by atoms with Gasteiger partial charge in [-0.3, -0.25) is 9.48 Å². The molecule has 0 fully saturated rings. The van der Waals surface area contributed by atoms with Crippen LogP contribution in [0.3, 0.4) is 0 Å². The van der Waals surface area contributed by atoms with Crippen molar-refractivity contribution in [3.05, 3.63) is 12.4 Å². The molecule has 1 atom stereocenters. The van der Waals surface area contributed by atoms with Gasteiger partial charge in [-0.15, -0.1) is 0 Å². The Labute approximate surface area is 121 Å². The van der Waals surface area contributed by atoms with Gasteiger partial charge in [0.1, 0.15) is 6.04 Å². The topological polar surface area (TPSA) is 123 Å². The predicted octanol–water partition coefficient (Wildman–Crippen LogP) is 0.431. The fraction of sp³-hybridized carbons (Fsp3) is 0.500. The summed E-state index contributed by atoms with van der Waals surface area (Å²) in [6, 6.07) is -1.85. The lowest BCUT2D eigenvalue weighted by Crippen LogP contribution is -2.43. The summed E-state index contributed by atoms with van der Waals surface area (Å²) in [6.45, 7) is 2.55. The number of rotatable bonds is 7. The zero-order valence-electron chi connectivity index (χ0n) is 11.8. The molecule has 0 saturated carbocycles. The number of amides is 2. The maximum absolute atomic E-state index is 11.7. The van der Waals surface area contributed by atoms with Crippen molar-refractivity contribution in [2.75, 3.05) is 12.4 Å². The van der Waals surface area contributed by atoms with Gasteiger partial charge in [-0.25, -0.2) is 9.59 Å². The van der Waals surface area contributed by atoms with Crippen LogP contribution < -0.4 is 10.6 Å². The number of carboxylic acids is 1. The minimum atomic E-state index is -1.22. The van der Waals surface area contributed by atoms with Crippen molar-refractivity contribution < 1.29 is 24.2 Å². The number of hydrogen-bond acceptors (Lipinski definition) is 5. The van der Waals surface area contributed by atoms with Gasteiger partial charge in [0.15, 0.2) is 0 Å². The minimum absolute atomic E-state index is 0.0519. The van der Waals surface area contributed by atoms with E-state index in [0.717, 1.165) is 0 Å². The fourth-order valence-corrected chi connectivity index (χ4v) is 1.55. The Kier molecular flexibility index (Phi) is 6.18.